The van der Waals surface area contributed by atoms with E-state index in [1.165, 1.54) is 6.33 Å². The van der Waals surface area contributed by atoms with E-state index < -0.39 is 0 Å². The number of H-pyrrole nitrogens is 1. The fraction of sp³-hybridized carbons (Fsp3) is 0.250. The first kappa shape index (κ1) is 14.8. The number of amides is 1. The molecule has 0 saturated carbocycles. The van der Waals surface area contributed by atoms with Gasteiger partial charge in [0.2, 0.25) is 0 Å². The Labute approximate surface area is 129 Å². The molecule has 2 rings (SSSR count). The summed E-state index contributed by atoms with van der Waals surface area (Å²) in [7, 11) is 0. The molecule has 1 aromatic carbocycles. The molecule has 2 aromatic rings. The molecule has 0 bridgehead atoms. The smallest absolute Gasteiger partial charge is 0.258 e. The maximum atomic E-state index is 11.7. The van der Waals surface area contributed by atoms with Gasteiger partial charge >= 0.3 is 0 Å². The van der Waals surface area contributed by atoms with Crippen LogP contribution in [0.5, 0.6) is 5.75 Å². The van der Waals surface area contributed by atoms with E-state index in [2.05, 4.69) is 36.4 Å². The molecule has 6 nitrogen and oxygen atoms in total. The summed E-state index contributed by atoms with van der Waals surface area (Å²) in [6, 6.07) is 4.91. The van der Waals surface area contributed by atoms with E-state index in [4.69, 9.17) is 16.3 Å². The van der Waals surface area contributed by atoms with E-state index in [1.54, 1.807) is 25.1 Å². The predicted molar refractivity (Wildman–Crippen MR) is 77.6 cm³/mol. The van der Waals surface area contributed by atoms with Gasteiger partial charge in [-0.25, -0.2) is 4.98 Å². The summed E-state index contributed by atoms with van der Waals surface area (Å²) in [6.07, 6.45) is 1.39. The monoisotopic (exact) mass is 358 g/mol. The number of ether oxygens (including phenoxy) is 1. The highest BCUT2D eigenvalue weighted by atomic mass is 79.9. The predicted octanol–water partition coefficient (Wildman–Crippen LogP) is 2.48. The standard InChI is InChI=1S/C12H12BrClN4O2/c1-7(12-15-6-16-18-12)17-11(19)5-20-10-3-2-8(13)4-9(10)14/h2-4,6-7H,5H2,1H3,(H,17,19)(H,15,16,18). The zero-order valence-corrected chi connectivity index (χ0v) is 12.9. The lowest BCUT2D eigenvalue weighted by Gasteiger charge is -2.12. The number of hydrogen-bond donors (Lipinski definition) is 2. The molecular formula is C12H12BrClN4O2. The summed E-state index contributed by atoms with van der Waals surface area (Å²) in [5, 5.41) is 9.59. The van der Waals surface area contributed by atoms with Crippen LogP contribution in [0.15, 0.2) is 29.0 Å². The maximum absolute atomic E-state index is 11.7. The van der Waals surface area contributed by atoms with Crippen molar-refractivity contribution in [1.29, 1.82) is 0 Å². The molecule has 1 unspecified atom stereocenters. The number of hydrogen-bond acceptors (Lipinski definition) is 4. The van der Waals surface area contributed by atoms with Crippen LogP contribution in [0.2, 0.25) is 5.02 Å². The van der Waals surface area contributed by atoms with Crippen molar-refractivity contribution in [2.45, 2.75) is 13.0 Å². The number of rotatable bonds is 5. The Balaban J connectivity index is 1.86. The number of aromatic amines is 1. The fourth-order valence-electron chi connectivity index (χ4n) is 1.51. The number of carbonyl (C=O) groups is 1. The second kappa shape index (κ2) is 6.71. The van der Waals surface area contributed by atoms with Gasteiger partial charge in [0, 0.05) is 4.47 Å². The van der Waals surface area contributed by atoms with Gasteiger partial charge in [0.25, 0.3) is 5.91 Å². The van der Waals surface area contributed by atoms with E-state index >= 15 is 0 Å². The van der Waals surface area contributed by atoms with Crippen LogP contribution in [0.1, 0.15) is 18.8 Å². The summed E-state index contributed by atoms with van der Waals surface area (Å²) in [5.41, 5.74) is 0. The molecule has 0 fully saturated rings. The van der Waals surface area contributed by atoms with Crippen LogP contribution in [0.4, 0.5) is 0 Å². The summed E-state index contributed by atoms with van der Waals surface area (Å²) < 4.78 is 6.21. The zero-order valence-electron chi connectivity index (χ0n) is 10.6. The van der Waals surface area contributed by atoms with Gasteiger partial charge < -0.3 is 10.1 Å². The molecule has 0 aliphatic carbocycles. The molecule has 0 spiro atoms. The number of nitrogens with one attached hydrogen (secondary N) is 2. The van der Waals surface area contributed by atoms with Gasteiger partial charge in [-0.3, -0.25) is 9.89 Å². The first-order valence-corrected chi connectivity index (χ1v) is 6.96. The molecule has 8 heteroatoms. The Kier molecular flexibility index (Phi) is 4.97. The molecule has 1 atom stereocenters. The number of carbonyl (C=O) groups excluding carboxylic acids is 1. The molecule has 20 heavy (non-hydrogen) atoms. The topological polar surface area (TPSA) is 79.9 Å². The molecule has 0 aliphatic heterocycles. The quantitative estimate of drug-likeness (QED) is 0.859. The van der Waals surface area contributed by atoms with Crippen LogP contribution in [-0.2, 0) is 4.79 Å². The second-order valence-corrected chi connectivity index (χ2v) is 5.35. The molecular weight excluding hydrogens is 348 g/mol. The van der Waals surface area contributed by atoms with Crippen molar-refractivity contribution in [3.8, 4) is 5.75 Å². The molecule has 0 saturated heterocycles. The van der Waals surface area contributed by atoms with E-state index in [-0.39, 0.29) is 18.6 Å². The second-order valence-electron chi connectivity index (χ2n) is 4.02. The Bertz CT molecular complexity index is 591. The molecule has 0 aliphatic rings. The van der Waals surface area contributed by atoms with Gasteiger partial charge in [0.05, 0.1) is 11.1 Å². The molecule has 2 N–H and O–H groups in total. The van der Waals surface area contributed by atoms with Gasteiger partial charge in [-0.15, -0.1) is 0 Å². The van der Waals surface area contributed by atoms with Crippen LogP contribution in [-0.4, -0.2) is 27.7 Å². The van der Waals surface area contributed by atoms with Crippen LogP contribution >= 0.6 is 27.5 Å². The van der Waals surface area contributed by atoms with Gasteiger partial charge in [0.1, 0.15) is 17.9 Å². The molecule has 1 aromatic heterocycles. The van der Waals surface area contributed by atoms with Crippen LogP contribution in [0, 0.1) is 0 Å². The first-order chi connectivity index (χ1) is 9.56. The highest BCUT2D eigenvalue weighted by molar-refractivity contribution is 9.10. The lowest BCUT2D eigenvalue weighted by Crippen LogP contribution is -2.31. The summed E-state index contributed by atoms with van der Waals surface area (Å²) >= 11 is 9.29. The van der Waals surface area contributed by atoms with Crippen LogP contribution < -0.4 is 10.1 Å². The van der Waals surface area contributed by atoms with Crippen molar-refractivity contribution in [2.75, 3.05) is 6.61 Å². The number of benzene rings is 1. The minimum atomic E-state index is -0.270. The Morgan fingerprint density at radius 1 is 1.60 bits per heavy atom. The summed E-state index contributed by atoms with van der Waals surface area (Å²) in [5.74, 6) is 0.769. The Hall–Kier alpha value is -1.60. The first-order valence-electron chi connectivity index (χ1n) is 5.78. The van der Waals surface area contributed by atoms with Gasteiger partial charge in [-0.2, -0.15) is 5.10 Å². The zero-order chi connectivity index (χ0) is 14.5. The minimum Gasteiger partial charge on any atom is -0.482 e. The van der Waals surface area contributed by atoms with E-state index in [9.17, 15) is 4.79 Å². The third-order valence-electron chi connectivity index (χ3n) is 2.47. The van der Waals surface area contributed by atoms with Gasteiger partial charge in [-0.1, -0.05) is 27.5 Å². The highest BCUT2D eigenvalue weighted by Crippen LogP contribution is 2.27. The normalized spacial score (nSPS) is 11.9. The summed E-state index contributed by atoms with van der Waals surface area (Å²) in [6.45, 7) is 1.67. The van der Waals surface area contributed by atoms with E-state index in [1.807, 2.05) is 0 Å². The minimum absolute atomic E-state index is 0.125. The third-order valence-corrected chi connectivity index (χ3v) is 3.26. The lowest BCUT2D eigenvalue weighted by molar-refractivity contribution is -0.123. The third kappa shape index (κ3) is 3.94. The van der Waals surface area contributed by atoms with Crippen molar-refractivity contribution in [3.05, 3.63) is 39.8 Å². The van der Waals surface area contributed by atoms with Crippen LogP contribution in [0.25, 0.3) is 0 Å². The van der Waals surface area contributed by atoms with Gasteiger partial charge in [0.15, 0.2) is 6.61 Å². The Morgan fingerprint density at radius 3 is 3.05 bits per heavy atom. The average Bonchev–Trinajstić information content (AvgIpc) is 2.91. The van der Waals surface area contributed by atoms with Crippen LogP contribution in [0.3, 0.4) is 0 Å². The average molecular weight is 360 g/mol. The number of aromatic nitrogens is 3. The molecule has 1 heterocycles. The molecule has 106 valence electrons. The maximum Gasteiger partial charge on any atom is 0.258 e. The van der Waals surface area contributed by atoms with Crippen molar-refractivity contribution < 1.29 is 9.53 Å². The lowest BCUT2D eigenvalue weighted by atomic mass is 10.3. The Morgan fingerprint density at radius 2 is 2.40 bits per heavy atom. The van der Waals surface area contributed by atoms with E-state index in [0.717, 1.165) is 4.47 Å². The molecule has 1 amide bonds. The fourth-order valence-corrected chi connectivity index (χ4v) is 2.24. The largest absolute Gasteiger partial charge is 0.482 e. The van der Waals surface area contributed by atoms with E-state index in [0.29, 0.717) is 16.6 Å². The number of halogens is 2. The summed E-state index contributed by atoms with van der Waals surface area (Å²) in [4.78, 5) is 15.7. The van der Waals surface area contributed by atoms with Crippen molar-refractivity contribution in [1.82, 2.24) is 20.5 Å². The van der Waals surface area contributed by atoms with Crippen molar-refractivity contribution >= 4 is 33.4 Å². The van der Waals surface area contributed by atoms with Crippen molar-refractivity contribution in [3.63, 3.8) is 0 Å². The van der Waals surface area contributed by atoms with Gasteiger partial charge in [-0.05, 0) is 25.1 Å². The number of nitrogens with zero attached hydrogens (tertiary/aromatic N) is 2. The highest BCUT2D eigenvalue weighted by Gasteiger charge is 2.13. The van der Waals surface area contributed by atoms with Crippen molar-refractivity contribution in [2.24, 2.45) is 0 Å². The molecule has 0 radical (unpaired) electrons. The SMILES string of the molecule is CC(NC(=O)COc1ccc(Br)cc1Cl)c1ncn[nH]1.